The van der Waals surface area contributed by atoms with E-state index in [9.17, 15) is 4.79 Å². The summed E-state index contributed by atoms with van der Waals surface area (Å²) in [5.74, 6) is 0.487. The van der Waals surface area contributed by atoms with Crippen molar-refractivity contribution in [2.24, 2.45) is 5.92 Å². The molecule has 2 rings (SSSR count). The Balaban J connectivity index is 2.15. The minimum Gasteiger partial charge on any atom is -0.468 e. The topological polar surface area (TPSA) is 38.3 Å². The number of rotatable bonds is 1. The van der Waals surface area contributed by atoms with E-state index in [1.807, 2.05) is 0 Å². The number of methoxy groups -OCH3 is 1. The van der Waals surface area contributed by atoms with E-state index in [2.05, 4.69) is 5.32 Å². The standard InChI is InChI=1S/C8H13NO2/c1-11-7(10)8-4-2-6(8)3-5-9-8/h6,9H,2-5H2,1H3/t6-,8-/m1/s1. The van der Waals surface area contributed by atoms with Crippen LogP contribution in [0.4, 0.5) is 0 Å². The van der Waals surface area contributed by atoms with Crippen molar-refractivity contribution in [2.45, 2.75) is 24.8 Å². The second-order valence-corrected chi connectivity index (χ2v) is 3.41. The zero-order valence-corrected chi connectivity index (χ0v) is 6.72. The third-order valence-electron chi connectivity index (χ3n) is 3.07. The molecule has 0 spiro atoms. The van der Waals surface area contributed by atoms with Crippen molar-refractivity contribution in [1.29, 1.82) is 0 Å². The van der Waals surface area contributed by atoms with E-state index >= 15 is 0 Å². The highest BCUT2D eigenvalue weighted by Crippen LogP contribution is 2.44. The van der Waals surface area contributed by atoms with Crippen molar-refractivity contribution in [3.63, 3.8) is 0 Å². The fourth-order valence-corrected chi connectivity index (χ4v) is 2.25. The molecule has 2 aliphatic rings. The molecule has 0 radical (unpaired) electrons. The first-order chi connectivity index (χ1) is 5.29. The normalized spacial score (nSPS) is 41.0. The number of carbonyl (C=O) groups excluding carboxylic acids is 1. The maximum absolute atomic E-state index is 11.3. The lowest BCUT2D eigenvalue weighted by Gasteiger charge is -2.41. The molecule has 1 N–H and O–H groups in total. The molecule has 2 atom stereocenters. The van der Waals surface area contributed by atoms with Crippen LogP contribution in [0.25, 0.3) is 0 Å². The molecule has 0 aromatic heterocycles. The average molecular weight is 155 g/mol. The third-order valence-corrected chi connectivity index (χ3v) is 3.07. The highest BCUT2D eigenvalue weighted by atomic mass is 16.5. The summed E-state index contributed by atoms with van der Waals surface area (Å²) in [6, 6.07) is 0. The maximum atomic E-state index is 11.3. The molecular weight excluding hydrogens is 142 g/mol. The van der Waals surface area contributed by atoms with Gasteiger partial charge in [-0.25, -0.2) is 0 Å². The Bertz CT molecular complexity index is 193. The molecule has 1 saturated carbocycles. The minimum atomic E-state index is -0.269. The van der Waals surface area contributed by atoms with E-state index in [1.165, 1.54) is 13.5 Å². The summed E-state index contributed by atoms with van der Waals surface area (Å²) in [5.41, 5.74) is -0.269. The first kappa shape index (κ1) is 7.10. The molecule has 2 fully saturated rings. The molecule has 1 aliphatic heterocycles. The highest BCUT2D eigenvalue weighted by molar-refractivity contribution is 5.83. The molecule has 1 heterocycles. The number of fused-ring (bicyclic) bond motifs is 1. The van der Waals surface area contributed by atoms with Crippen LogP contribution in [0.5, 0.6) is 0 Å². The third kappa shape index (κ3) is 0.745. The number of nitrogens with one attached hydrogen (secondary N) is 1. The van der Waals surface area contributed by atoms with Gasteiger partial charge in [-0.3, -0.25) is 4.79 Å². The SMILES string of the molecule is COC(=O)[C@@]12CC[C@@H]1CCN2. The van der Waals surface area contributed by atoms with E-state index in [0.29, 0.717) is 5.92 Å². The zero-order valence-electron chi connectivity index (χ0n) is 6.72. The number of esters is 1. The lowest BCUT2D eigenvalue weighted by Crippen LogP contribution is -2.58. The first-order valence-electron chi connectivity index (χ1n) is 4.13. The molecular formula is C8H13NO2. The van der Waals surface area contributed by atoms with Gasteiger partial charge < -0.3 is 10.1 Å². The number of ether oxygens (including phenoxy) is 1. The Hall–Kier alpha value is -0.570. The number of hydrogen-bond acceptors (Lipinski definition) is 3. The van der Waals surface area contributed by atoms with Crippen LogP contribution in [0, 0.1) is 5.92 Å². The van der Waals surface area contributed by atoms with Crippen molar-refractivity contribution in [1.82, 2.24) is 5.32 Å². The van der Waals surface area contributed by atoms with Crippen LogP contribution in [0.2, 0.25) is 0 Å². The number of hydrogen-bond donors (Lipinski definition) is 1. The smallest absolute Gasteiger partial charge is 0.326 e. The van der Waals surface area contributed by atoms with E-state index in [4.69, 9.17) is 4.74 Å². The summed E-state index contributed by atoms with van der Waals surface area (Å²) < 4.78 is 4.76. The Morgan fingerprint density at radius 3 is 2.91 bits per heavy atom. The van der Waals surface area contributed by atoms with Gasteiger partial charge in [0.15, 0.2) is 0 Å². The lowest BCUT2D eigenvalue weighted by atomic mass is 9.68. The Kier molecular flexibility index (Phi) is 1.42. The quantitative estimate of drug-likeness (QED) is 0.553. The van der Waals surface area contributed by atoms with Gasteiger partial charge in [0.2, 0.25) is 0 Å². The summed E-state index contributed by atoms with van der Waals surface area (Å²) in [4.78, 5) is 11.3. The predicted octanol–water partition coefficient (Wildman–Crippen LogP) is 0.301. The second-order valence-electron chi connectivity index (χ2n) is 3.41. The summed E-state index contributed by atoms with van der Waals surface area (Å²) in [6.45, 7) is 0.972. The molecule has 1 saturated heterocycles. The largest absolute Gasteiger partial charge is 0.468 e. The van der Waals surface area contributed by atoms with Crippen molar-refractivity contribution < 1.29 is 9.53 Å². The van der Waals surface area contributed by atoms with Crippen LogP contribution in [-0.4, -0.2) is 25.2 Å². The van der Waals surface area contributed by atoms with Crippen LogP contribution < -0.4 is 5.32 Å². The Morgan fingerprint density at radius 1 is 1.64 bits per heavy atom. The Morgan fingerprint density at radius 2 is 2.45 bits per heavy atom. The van der Waals surface area contributed by atoms with Crippen LogP contribution >= 0.6 is 0 Å². The van der Waals surface area contributed by atoms with Gasteiger partial charge in [-0.05, 0) is 31.7 Å². The first-order valence-corrected chi connectivity index (χ1v) is 4.13. The van der Waals surface area contributed by atoms with Gasteiger partial charge in [-0.15, -0.1) is 0 Å². The molecule has 0 amide bonds. The van der Waals surface area contributed by atoms with Gasteiger partial charge in [0.25, 0.3) is 0 Å². The van der Waals surface area contributed by atoms with Crippen molar-refractivity contribution in [2.75, 3.05) is 13.7 Å². The van der Waals surface area contributed by atoms with Crippen LogP contribution in [0.1, 0.15) is 19.3 Å². The molecule has 0 aromatic rings. The van der Waals surface area contributed by atoms with Gasteiger partial charge in [0.05, 0.1) is 7.11 Å². The molecule has 3 nitrogen and oxygen atoms in total. The highest BCUT2D eigenvalue weighted by Gasteiger charge is 2.56. The van der Waals surface area contributed by atoms with Crippen molar-refractivity contribution in [3.05, 3.63) is 0 Å². The summed E-state index contributed by atoms with van der Waals surface area (Å²) in [7, 11) is 1.46. The van der Waals surface area contributed by atoms with Gasteiger partial charge in [0, 0.05) is 0 Å². The lowest BCUT2D eigenvalue weighted by molar-refractivity contribution is -0.154. The van der Waals surface area contributed by atoms with Crippen molar-refractivity contribution in [3.8, 4) is 0 Å². The average Bonchev–Trinajstić information content (AvgIpc) is 2.27. The van der Waals surface area contributed by atoms with Crippen LogP contribution in [0.3, 0.4) is 0 Å². The van der Waals surface area contributed by atoms with E-state index in [0.717, 1.165) is 19.4 Å². The molecule has 1 aliphatic carbocycles. The monoisotopic (exact) mass is 155 g/mol. The molecule has 62 valence electrons. The second kappa shape index (κ2) is 2.21. The predicted molar refractivity (Wildman–Crippen MR) is 40.1 cm³/mol. The summed E-state index contributed by atoms with van der Waals surface area (Å²) in [6.07, 6.45) is 3.28. The fourth-order valence-electron chi connectivity index (χ4n) is 2.25. The number of carbonyl (C=O) groups is 1. The van der Waals surface area contributed by atoms with E-state index < -0.39 is 0 Å². The van der Waals surface area contributed by atoms with Gasteiger partial charge in [-0.1, -0.05) is 0 Å². The van der Waals surface area contributed by atoms with Gasteiger partial charge in [-0.2, -0.15) is 0 Å². The molecule has 3 heteroatoms. The van der Waals surface area contributed by atoms with Crippen LogP contribution in [0.15, 0.2) is 0 Å². The van der Waals surface area contributed by atoms with Gasteiger partial charge >= 0.3 is 5.97 Å². The van der Waals surface area contributed by atoms with E-state index in [-0.39, 0.29) is 11.5 Å². The van der Waals surface area contributed by atoms with Crippen LogP contribution in [-0.2, 0) is 9.53 Å². The maximum Gasteiger partial charge on any atom is 0.326 e. The minimum absolute atomic E-state index is 0.0637. The Labute approximate surface area is 66.1 Å². The van der Waals surface area contributed by atoms with Crippen molar-refractivity contribution >= 4 is 5.97 Å². The fraction of sp³-hybridized carbons (Fsp3) is 0.875. The summed E-state index contributed by atoms with van der Waals surface area (Å²) >= 11 is 0. The summed E-state index contributed by atoms with van der Waals surface area (Å²) in [5, 5.41) is 3.25. The van der Waals surface area contributed by atoms with E-state index in [1.54, 1.807) is 0 Å². The zero-order chi connectivity index (χ0) is 7.90. The molecule has 0 bridgehead atoms. The van der Waals surface area contributed by atoms with Gasteiger partial charge in [0.1, 0.15) is 5.54 Å². The molecule has 11 heavy (non-hydrogen) atoms. The molecule has 0 aromatic carbocycles. The molecule has 0 unspecified atom stereocenters.